The van der Waals surface area contributed by atoms with Crippen LogP contribution in [0.2, 0.25) is 0 Å². The second kappa shape index (κ2) is 27.9. The molecule has 4 aromatic carbocycles. The van der Waals surface area contributed by atoms with Gasteiger partial charge in [0.2, 0.25) is 0 Å². The van der Waals surface area contributed by atoms with Gasteiger partial charge < -0.3 is 4.90 Å². The van der Waals surface area contributed by atoms with Gasteiger partial charge >= 0.3 is 0 Å². The Hall–Kier alpha value is -3.32. The third kappa shape index (κ3) is 9.15. The minimum Gasteiger partial charge on any atom is -0.372 e. The molecule has 0 bridgehead atoms. The molecule has 0 amide bonds. The molecule has 0 aliphatic heterocycles. The Balaban J connectivity index is -0.00000102. The van der Waals surface area contributed by atoms with Gasteiger partial charge in [0.15, 0.2) is 0 Å². The van der Waals surface area contributed by atoms with E-state index in [1.54, 1.807) is 0 Å². The number of rotatable bonds is 3. The standard InChI is InChI=1S/C29H25N.8C2H6/c1-3-30(4-2)27-19-11-15-23-22-14-7-10-18-26(22)29(28(23)27)24-16-8-5-12-20(24)21-13-6-9-17-25(21)29;8*1-2/h5-19H,3-4H2,1-2H3;8*1-2H3. The molecule has 0 heterocycles. The maximum atomic E-state index is 2.51. The number of hydrogen-bond acceptors (Lipinski definition) is 1. The van der Waals surface area contributed by atoms with Gasteiger partial charge in [-0.15, -0.1) is 0 Å². The summed E-state index contributed by atoms with van der Waals surface area (Å²) in [6.45, 7) is 38.5. The molecule has 6 rings (SSSR count). The predicted molar refractivity (Wildman–Crippen MR) is 217 cm³/mol. The molecule has 1 spiro atoms. The van der Waals surface area contributed by atoms with Crippen molar-refractivity contribution < 1.29 is 0 Å². The molecule has 0 aromatic heterocycles. The van der Waals surface area contributed by atoms with Gasteiger partial charge in [-0.2, -0.15) is 0 Å². The van der Waals surface area contributed by atoms with Crippen molar-refractivity contribution in [2.75, 3.05) is 18.0 Å². The molecular weight excluding hydrogens is 555 g/mol. The zero-order valence-corrected chi connectivity index (χ0v) is 33.5. The van der Waals surface area contributed by atoms with Crippen molar-refractivity contribution in [3.05, 3.63) is 113 Å². The second-order valence-corrected chi connectivity index (χ2v) is 8.26. The van der Waals surface area contributed by atoms with Crippen molar-refractivity contribution in [3.63, 3.8) is 0 Å². The van der Waals surface area contributed by atoms with Crippen LogP contribution < -0.4 is 4.90 Å². The quantitative estimate of drug-likeness (QED) is 0.189. The summed E-state index contributed by atoms with van der Waals surface area (Å²) >= 11 is 0. The van der Waals surface area contributed by atoms with Gasteiger partial charge in [-0.25, -0.2) is 0 Å². The topological polar surface area (TPSA) is 3.24 Å². The molecule has 1 heteroatoms. The number of nitrogens with zero attached hydrogens (tertiary/aromatic N) is 1. The molecule has 0 atom stereocenters. The molecule has 2 aliphatic carbocycles. The van der Waals surface area contributed by atoms with E-state index in [1.165, 1.54) is 50.2 Å². The van der Waals surface area contributed by atoms with Crippen molar-refractivity contribution in [1.29, 1.82) is 0 Å². The minimum atomic E-state index is -0.252. The van der Waals surface area contributed by atoms with Crippen molar-refractivity contribution in [3.8, 4) is 22.3 Å². The van der Waals surface area contributed by atoms with Crippen LogP contribution in [0.5, 0.6) is 0 Å². The fraction of sp³-hybridized carbons (Fsp3) is 0.467. The van der Waals surface area contributed by atoms with E-state index < -0.39 is 0 Å². The fourth-order valence-electron chi connectivity index (χ4n) is 5.96. The molecule has 46 heavy (non-hydrogen) atoms. The summed E-state index contributed by atoms with van der Waals surface area (Å²) in [5.41, 5.74) is 12.3. The second-order valence-electron chi connectivity index (χ2n) is 8.26. The van der Waals surface area contributed by atoms with Crippen molar-refractivity contribution in [2.24, 2.45) is 0 Å². The van der Waals surface area contributed by atoms with Gasteiger partial charge in [-0.1, -0.05) is 196 Å². The summed E-state index contributed by atoms with van der Waals surface area (Å²) in [6, 6.07) is 33.9. The summed E-state index contributed by atoms with van der Waals surface area (Å²) in [6.07, 6.45) is 0. The van der Waals surface area contributed by atoms with E-state index in [9.17, 15) is 0 Å². The smallest absolute Gasteiger partial charge is 0.0745 e. The maximum Gasteiger partial charge on any atom is 0.0745 e. The van der Waals surface area contributed by atoms with Crippen molar-refractivity contribution in [1.82, 2.24) is 0 Å². The highest BCUT2D eigenvalue weighted by molar-refractivity contribution is 5.97. The monoisotopic (exact) mass is 628 g/mol. The molecule has 1 nitrogen and oxygen atoms in total. The average Bonchev–Trinajstić information content (AvgIpc) is 3.66. The third-order valence-electron chi connectivity index (χ3n) is 7.10. The highest BCUT2D eigenvalue weighted by atomic mass is 15.1. The van der Waals surface area contributed by atoms with Crippen LogP contribution in [-0.4, -0.2) is 13.1 Å². The van der Waals surface area contributed by atoms with Gasteiger partial charge in [-0.3, -0.25) is 0 Å². The molecule has 0 N–H and O–H groups in total. The summed E-state index contributed by atoms with van der Waals surface area (Å²) in [5.74, 6) is 0. The lowest BCUT2D eigenvalue weighted by atomic mass is 9.70. The Morgan fingerprint density at radius 3 is 0.978 bits per heavy atom. The zero-order chi connectivity index (χ0) is 36.3. The molecule has 0 saturated carbocycles. The van der Waals surface area contributed by atoms with Crippen LogP contribution >= 0.6 is 0 Å². The SMILES string of the molecule is CC.CC.CC.CC.CC.CC.CC.CC.CCN(CC)c1cccc2c1C1(c3ccccc3-c3ccccc31)c1ccccc1-2. The van der Waals surface area contributed by atoms with Crippen molar-refractivity contribution >= 4 is 5.69 Å². The van der Waals surface area contributed by atoms with E-state index in [4.69, 9.17) is 0 Å². The summed E-state index contributed by atoms with van der Waals surface area (Å²) in [5, 5.41) is 0. The van der Waals surface area contributed by atoms with Crippen LogP contribution in [0.3, 0.4) is 0 Å². The first-order valence-electron chi connectivity index (χ1n) is 19.0. The van der Waals surface area contributed by atoms with Gasteiger partial charge in [0.05, 0.1) is 5.41 Å². The third-order valence-corrected chi connectivity index (χ3v) is 7.10. The van der Waals surface area contributed by atoms with Crippen LogP contribution in [0.25, 0.3) is 22.3 Å². The van der Waals surface area contributed by atoms with Gasteiger partial charge in [-0.05, 0) is 58.9 Å². The minimum absolute atomic E-state index is 0.252. The van der Waals surface area contributed by atoms with E-state index in [-0.39, 0.29) is 5.41 Å². The number of benzene rings is 4. The summed E-state index contributed by atoms with van der Waals surface area (Å²) < 4.78 is 0. The largest absolute Gasteiger partial charge is 0.372 e. The fourth-order valence-corrected chi connectivity index (χ4v) is 5.96. The Morgan fingerprint density at radius 1 is 0.370 bits per heavy atom. The lowest BCUT2D eigenvalue weighted by molar-refractivity contribution is 0.773. The highest BCUT2D eigenvalue weighted by Crippen LogP contribution is 2.64. The molecule has 258 valence electrons. The Bertz CT molecular complexity index is 1220. The van der Waals surface area contributed by atoms with E-state index in [0.29, 0.717) is 0 Å². The van der Waals surface area contributed by atoms with Crippen LogP contribution in [-0.2, 0) is 5.41 Å². The van der Waals surface area contributed by atoms with Gasteiger partial charge in [0, 0.05) is 24.3 Å². The number of anilines is 1. The molecule has 0 saturated heterocycles. The summed E-state index contributed by atoms with van der Waals surface area (Å²) in [4.78, 5) is 2.51. The lowest BCUT2D eigenvalue weighted by Gasteiger charge is -2.35. The molecule has 0 radical (unpaired) electrons. The maximum absolute atomic E-state index is 2.51. The normalized spacial score (nSPS) is 10.3. The van der Waals surface area contributed by atoms with Gasteiger partial charge in [0.25, 0.3) is 0 Å². The van der Waals surface area contributed by atoms with Crippen LogP contribution in [0.4, 0.5) is 5.69 Å². The van der Waals surface area contributed by atoms with E-state index in [2.05, 4.69) is 110 Å². The molecular formula is C45H73N. The van der Waals surface area contributed by atoms with E-state index in [0.717, 1.165) is 13.1 Å². The summed E-state index contributed by atoms with van der Waals surface area (Å²) in [7, 11) is 0. The molecule has 0 unspecified atom stereocenters. The van der Waals surface area contributed by atoms with Crippen LogP contribution in [0.15, 0.2) is 91.0 Å². The van der Waals surface area contributed by atoms with Crippen LogP contribution in [0.1, 0.15) is 147 Å². The number of hydrogen-bond donors (Lipinski definition) is 0. The highest BCUT2D eigenvalue weighted by Gasteiger charge is 2.52. The number of fused-ring (bicyclic) bond motifs is 10. The van der Waals surface area contributed by atoms with Crippen molar-refractivity contribution in [2.45, 2.75) is 130 Å². The van der Waals surface area contributed by atoms with E-state index >= 15 is 0 Å². The molecule has 0 fully saturated rings. The Labute approximate surface area is 288 Å². The van der Waals surface area contributed by atoms with Crippen LogP contribution in [0, 0.1) is 0 Å². The predicted octanol–water partition coefficient (Wildman–Crippen LogP) is 15.1. The average molecular weight is 628 g/mol. The molecule has 2 aliphatic rings. The lowest BCUT2D eigenvalue weighted by Crippen LogP contribution is -2.31. The zero-order valence-electron chi connectivity index (χ0n) is 33.5. The Morgan fingerprint density at radius 2 is 0.652 bits per heavy atom. The van der Waals surface area contributed by atoms with Gasteiger partial charge in [0.1, 0.15) is 0 Å². The first kappa shape index (κ1) is 47.1. The first-order valence-corrected chi connectivity index (χ1v) is 19.0. The van der Waals surface area contributed by atoms with E-state index in [1.807, 2.05) is 111 Å². The Kier molecular flexibility index (Phi) is 28.6. The molecule has 4 aromatic rings. The first-order chi connectivity index (χ1) is 22.8.